The van der Waals surface area contributed by atoms with Crippen LogP contribution in [0.1, 0.15) is 87.6 Å². The number of amides is 2. The molecule has 2 atom stereocenters. The third-order valence-electron chi connectivity index (χ3n) is 9.95. The van der Waals surface area contributed by atoms with Crippen LogP contribution in [0, 0.1) is 17.8 Å². The number of aliphatic imine (C=N–C) groups is 1. The number of likely N-dealkylation sites (tertiary alicyclic amines) is 1. The molecule has 1 saturated heterocycles. The number of amidine groups is 1. The van der Waals surface area contributed by atoms with Crippen LogP contribution in [-0.2, 0) is 11.2 Å². The zero-order valence-corrected chi connectivity index (χ0v) is 27.7. The minimum Gasteiger partial charge on any atom is -0.476 e. The lowest BCUT2D eigenvalue weighted by Crippen LogP contribution is -2.49. The van der Waals surface area contributed by atoms with E-state index >= 15 is 0 Å². The standard InChI is InChI=1S/C35H46BrN5O3/c1-23(2)38-34(42)25-8-13-29(14-9-25)41-31-21-32(44-19-18-40-16-4-3-5-17-40)37-22-27(31)20-26-10-15-30(26)33(41)39-35(43)24-6-11-28(36)12-7-24/h6-7,11-12,21-23,25-26,29-30H,3-5,8-10,13-20H2,1-2H3,(H,38,42). The molecule has 1 N–H and O–H groups in total. The van der Waals surface area contributed by atoms with Crippen LogP contribution in [0.15, 0.2) is 46.0 Å². The molecule has 0 spiro atoms. The van der Waals surface area contributed by atoms with Gasteiger partial charge in [-0.15, -0.1) is 0 Å². The van der Waals surface area contributed by atoms with Crippen LogP contribution in [0.4, 0.5) is 5.69 Å². The summed E-state index contributed by atoms with van der Waals surface area (Å²) in [7, 11) is 0. The van der Waals surface area contributed by atoms with Crippen LogP contribution >= 0.6 is 15.9 Å². The number of carbonyl (C=O) groups excluding carboxylic acids is 2. The quantitative estimate of drug-likeness (QED) is 0.351. The summed E-state index contributed by atoms with van der Waals surface area (Å²) in [5, 5.41) is 3.11. The van der Waals surface area contributed by atoms with E-state index in [1.807, 2.05) is 44.3 Å². The largest absolute Gasteiger partial charge is 0.476 e. The smallest absolute Gasteiger partial charge is 0.278 e. The molecule has 2 amide bonds. The maximum absolute atomic E-state index is 13.6. The van der Waals surface area contributed by atoms with E-state index in [0.29, 0.717) is 24.0 Å². The number of piperidine rings is 1. The van der Waals surface area contributed by atoms with Crippen molar-refractivity contribution in [3.05, 3.63) is 52.1 Å². The molecule has 2 aromatic rings. The second kappa shape index (κ2) is 14.1. The molecule has 2 unspecified atom stereocenters. The highest BCUT2D eigenvalue weighted by Gasteiger charge is 2.44. The van der Waals surface area contributed by atoms with Crippen molar-refractivity contribution in [2.24, 2.45) is 22.7 Å². The molecule has 8 nitrogen and oxygen atoms in total. The SMILES string of the molecule is CC(C)NC(=O)C1CCC(N2C(=NC(=O)c3ccc(Br)cc3)C3CCC3Cc3cnc(OCCN4CCCCC4)cc32)CC1. The number of hydrogen-bond donors (Lipinski definition) is 1. The fraction of sp³-hybridized carbons (Fsp3) is 0.600. The van der Waals surface area contributed by atoms with Gasteiger partial charge in [-0.3, -0.25) is 14.5 Å². The van der Waals surface area contributed by atoms with E-state index in [2.05, 4.69) is 37.1 Å². The van der Waals surface area contributed by atoms with Crippen molar-refractivity contribution >= 4 is 39.3 Å². The molecule has 0 bridgehead atoms. The number of nitrogens with zero attached hydrogens (tertiary/aromatic N) is 4. The first-order valence-corrected chi connectivity index (χ1v) is 17.5. The van der Waals surface area contributed by atoms with Gasteiger partial charge in [0.15, 0.2) is 0 Å². The van der Waals surface area contributed by atoms with Crippen molar-refractivity contribution in [1.29, 1.82) is 0 Å². The van der Waals surface area contributed by atoms with E-state index in [1.165, 1.54) is 24.8 Å². The highest BCUT2D eigenvalue weighted by atomic mass is 79.9. The first kappa shape index (κ1) is 31.2. The van der Waals surface area contributed by atoms with Crippen LogP contribution in [0.2, 0.25) is 0 Å². The molecule has 0 radical (unpaired) electrons. The lowest BCUT2D eigenvalue weighted by molar-refractivity contribution is -0.126. The van der Waals surface area contributed by atoms with Crippen LogP contribution in [-0.4, -0.2) is 65.9 Å². The molecule has 1 aromatic carbocycles. The minimum atomic E-state index is -0.205. The number of carbonyl (C=O) groups is 2. The highest BCUT2D eigenvalue weighted by Crippen LogP contribution is 2.46. The number of benzene rings is 1. The summed E-state index contributed by atoms with van der Waals surface area (Å²) in [6, 6.07) is 9.83. The Morgan fingerprint density at radius 1 is 1.05 bits per heavy atom. The number of pyridine rings is 1. The van der Waals surface area contributed by atoms with Gasteiger partial charge in [0, 0.05) is 52.8 Å². The number of halogens is 1. The molecular formula is C35H46BrN5O3. The van der Waals surface area contributed by atoms with Crippen LogP contribution in [0.25, 0.3) is 0 Å². The molecule has 6 rings (SSSR count). The second-order valence-corrected chi connectivity index (χ2v) is 14.3. The Hall–Kier alpha value is -2.78. The Bertz CT molecular complexity index is 1350. The zero-order valence-electron chi connectivity index (χ0n) is 26.1. The van der Waals surface area contributed by atoms with Gasteiger partial charge >= 0.3 is 0 Å². The molecule has 9 heteroatoms. The van der Waals surface area contributed by atoms with Gasteiger partial charge in [-0.05, 0) is 120 Å². The summed E-state index contributed by atoms with van der Waals surface area (Å²) >= 11 is 3.48. The van der Waals surface area contributed by atoms with E-state index in [-0.39, 0.29) is 35.7 Å². The molecule has 3 fully saturated rings. The Balaban J connectivity index is 1.30. The van der Waals surface area contributed by atoms with Crippen LogP contribution in [0.3, 0.4) is 0 Å². The number of hydrogen-bond acceptors (Lipinski definition) is 5. The average molecular weight is 665 g/mol. The Morgan fingerprint density at radius 3 is 2.48 bits per heavy atom. The number of nitrogens with one attached hydrogen (secondary N) is 1. The molecule has 44 heavy (non-hydrogen) atoms. The molecule has 2 aliphatic heterocycles. The van der Waals surface area contributed by atoms with Crippen molar-refractivity contribution < 1.29 is 14.3 Å². The summed E-state index contributed by atoms with van der Waals surface area (Å²) in [6.07, 6.45) is 12.3. The number of ether oxygens (including phenoxy) is 1. The third-order valence-corrected chi connectivity index (χ3v) is 10.5. The Morgan fingerprint density at radius 2 is 1.80 bits per heavy atom. The predicted octanol–water partition coefficient (Wildman–Crippen LogP) is 6.42. The van der Waals surface area contributed by atoms with Gasteiger partial charge in [-0.2, -0.15) is 4.99 Å². The van der Waals surface area contributed by atoms with Crippen LogP contribution in [0.5, 0.6) is 5.88 Å². The molecule has 3 heterocycles. The van der Waals surface area contributed by atoms with E-state index in [1.54, 1.807) is 0 Å². The Labute approximate surface area is 270 Å². The first-order chi connectivity index (χ1) is 21.4. The van der Waals surface area contributed by atoms with Crippen molar-refractivity contribution in [2.75, 3.05) is 31.1 Å². The number of fused-ring (bicyclic) bond motifs is 2. The molecule has 4 aliphatic rings. The Kier molecular flexibility index (Phi) is 10.0. The molecule has 2 saturated carbocycles. The van der Waals surface area contributed by atoms with E-state index in [9.17, 15) is 9.59 Å². The summed E-state index contributed by atoms with van der Waals surface area (Å²) in [4.78, 5) is 41.0. The molecular weight excluding hydrogens is 618 g/mol. The van der Waals surface area contributed by atoms with Gasteiger partial charge in [-0.1, -0.05) is 22.4 Å². The minimum absolute atomic E-state index is 0.0208. The van der Waals surface area contributed by atoms with Crippen molar-refractivity contribution in [3.63, 3.8) is 0 Å². The van der Waals surface area contributed by atoms with Crippen molar-refractivity contribution in [3.8, 4) is 5.88 Å². The molecule has 1 aromatic heterocycles. The fourth-order valence-corrected chi connectivity index (χ4v) is 7.66. The third kappa shape index (κ3) is 7.20. The summed E-state index contributed by atoms with van der Waals surface area (Å²) < 4.78 is 7.19. The number of anilines is 1. The average Bonchev–Trinajstić information content (AvgIpc) is 3.09. The van der Waals surface area contributed by atoms with Crippen LogP contribution < -0.4 is 15.0 Å². The highest BCUT2D eigenvalue weighted by molar-refractivity contribution is 9.10. The lowest BCUT2D eigenvalue weighted by atomic mass is 9.70. The maximum Gasteiger partial charge on any atom is 0.278 e. The molecule has 2 aliphatic carbocycles. The van der Waals surface area contributed by atoms with Gasteiger partial charge in [0.05, 0.1) is 5.69 Å². The van der Waals surface area contributed by atoms with Gasteiger partial charge < -0.3 is 15.0 Å². The maximum atomic E-state index is 13.6. The predicted molar refractivity (Wildman–Crippen MR) is 177 cm³/mol. The lowest BCUT2D eigenvalue weighted by Gasteiger charge is -2.43. The zero-order chi connectivity index (χ0) is 30.6. The summed E-state index contributed by atoms with van der Waals surface area (Å²) in [6.45, 7) is 7.82. The topological polar surface area (TPSA) is 87.1 Å². The van der Waals surface area contributed by atoms with E-state index < -0.39 is 0 Å². The van der Waals surface area contributed by atoms with Gasteiger partial charge in [0.1, 0.15) is 12.4 Å². The summed E-state index contributed by atoms with van der Waals surface area (Å²) in [5.74, 6) is 2.15. The normalized spacial score (nSPS) is 26.4. The van der Waals surface area contributed by atoms with Crippen molar-refractivity contribution in [1.82, 2.24) is 15.2 Å². The first-order valence-electron chi connectivity index (χ1n) is 16.7. The van der Waals surface area contributed by atoms with Gasteiger partial charge in [0.25, 0.3) is 5.91 Å². The number of aromatic nitrogens is 1. The summed E-state index contributed by atoms with van der Waals surface area (Å²) in [5.41, 5.74) is 2.86. The molecule has 236 valence electrons. The monoisotopic (exact) mass is 663 g/mol. The van der Waals surface area contributed by atoms with E-state index in [4.69, 9.17) is 14.7 Å². The van der Waals surface area contributed by atoms with Crippen molar-refractivity contribution in [2.45, 2.75) is 90.1 Å². The van der Waals surface area contributed by atoms with Gasteiger partial charge in [-0.25, -0.2) is 4.98 Å². The fourth-order valence-electron chi connectivity index (χ4n) is 7.40. The number of rotatable bonds is 8. The van der Waals surface area contributed by atoms with Gasteiger partial charge in [0.2, 0.25) is 11.8 Å². The second-order valence-electron chi connectivity index (χ2n) is 13.4. The van der Waals surface area contributed by atoms with E-state index in [0.717, 1.165) is 80.6 Å².